The molecule has 25 heavy (non-hydrogen) atoms. The standard InChI is InChI=1S/C18H18Br2N2O2S/c1-18(2,3)11-6-4-10(5-7-11)16(24)22-17(25)21-12-8-13(19)15(23)14(20)9-12/h4-9,23H,1-3H3,(H2,21,22,24,25). The van der Waals surface area contributed by atoms with Crippen LogP contribution >= 0.6 is 44.1 Å². The summed E-state index contributed by atoms with van der Waals surface area (Å²) >= 11 is 11.7. The lowest BCUT2D eigenvalue weighted by atomic mass is 9.87. The number of hydrogen-bond acceptors (Lipinski definition) is 3. The minimum atomic E-state index is -0.283. The second-order valence-electron chi connectivity index (χ2n) is 6.52. The molecule has 4 nitrogen and oxygen atoms in total. The zero-order valence-corrected chi connectivity index (χ0v) is 18.0. The molecule has 0 saturated carbocycles. The van der Waals surface area contributed by atoms with E-state index in [9.17, 15) is 9.90 Å². The van der Waals surface area contributed by atoms with E-state index in [1.165, 1.54) is 0 Å². The number of aromatic hydroxyl groups is 1. The number of phenols is 1. The Balaban J connectivity index is 2.04. The number of nitrogens with one attached hydrogen (secondary N) is 2. The average Bonchev–Trinajstić information content (AvgIpc) is 2.51. The van der Waals surface area contributed by atoms with Crippen molar-refractivity contribution in [2.75, 3.05) is 5.32 Å². The number of carbonyl (C=O) groups is 1. The topological polar surface area (TPSA) is 61.4 Å². The van der Waals surface area contributed by atoms with Gasteiger partial charge in [0.05, 0.1) is 8.95 Å². The number of thiocarbonyl (C=S) groups is 1. The van der Waals surface area contributed by atoms with Crippen LogP contribution in [0.1, 0.15) is 36.7 Å². The molecule has 0 heterocycles. The summed E-state index contributed by atoms with van der Waals surface area (Å²) in [5.41, 5.74) is 2.35. The Morgan fingerprint density at radius 1 is 1.08 bits per heavy atom. The molecule has 7 heteroatoms. The molecule has 2 rings (SSSR count). The molecule has 0 atom stereocenters. The number of rotatable bonds is 2. The van der Waals surface area contributed by atoms with E-state index in [1.807, 2.05) is 12.1 Å². The van der Waals surface area contributed by atoms with Crippen molar-refractivity contribution < 1.29 is 9.90 Å². The molecule has 0 fully saturated rings. The van der Waals surface area contributed by atoms with Crippen molar-refractivity contribution >= 4 is 60.8 Å². The minimum absolute atomic E-state index is 0.0332. The van der Waals surface area contributed by atoms with E-state index in [0.717, 1.165) is 5.56 Å². The predicted octanol–water partition coefficient (Wildman–Crippen LogP) is 5.34. The van der Waals surface area contributed by atoms with Crippen molar-refractivity contribution in [3.05, 3.63) is 56.5 Å². The van der Waals surface area contributed by atoms with Crippen LogP contribution in [0.3, 0.4) is 0 Å². The molecule has 2 aromatic carbocycles. The molecule has 0 aliphatic rings. The molecule has 132 valence electrons. The maximum Gasteiger partial charge on any atom is 0.257 e. The molecule has 0 spiro atoms. The molecule has 0 saturated heterocycles. The van der Waals surface area contributed by atoms with E-state index in [-0.39, 0.29) is 22.2 Å². The van der Waals surface area contributed by atoms with E-state index in [2.05, 4.69) is 63.3 Å². The number of amides is 1. The molecule has 0 aliphatic carbocycles. The van der Waals surface area contributed by atoms with Crippen LogP contribution in [0.2, 0.25) is 0 Å². The van der Waals surface area contributed by atoms with Crippen molar-refractivity contribution in [2.24, 2.45) is 0 Å². The highest BCUT2D eigenvalue weighted by Crippen LogP contribution is 2.35. The number of hydrogen-bond donors (Lipinski definition) is 3. The van der Waals surface area contributed by atoms with Crippen LogP contribution in [0.15, 0.2) is 45.3 Å². The number of benzene rings is 2. The highest BCUT2D eigenvalue weighted by molar-refractivity contribution is 9.11. The first-order chi connectivity index (χ1) is 11.6. The third-order valence-electron chi connectivity index (χ3n) is 3.51. The maximum atomic E-state index is 12.3. The summed E-state index contributed by atoms with van der Waals surface area (Å²) in [6.07, 6.45) is 0. The van der Waals surface area contributed by atoms with Gasteiger partial charge in [-0.15, -0.1) is 0 Å². The van der Waals surface area contributed by atoms with Crippen LogP contribution in [0, 0.1) is 0 Å². The maximum absolute atomic E-state index is 12.3. The largest absolute Gasteiger partial charge is 0.506 e. The van der Waals surface area contributed by atoms with Crippen molar-refractivity contribution in [2.45, 2.75) is 26.2 Å². The van der Waals surface area contributed by atoms with Crippen LogP contribution < -0.4 is 10.6 Å². The van der Waals surface area contributed by atoms with Gasteiger partial charge in [0.2, 0.25) is 0 Å². The molecule has 1 amide bonds. The monoisotopic (exact) mass is 484 g/mol. The second-order valence-corrected chi connectivity index (χ2v) is 8.64. The highest BCUT2D eigenvalue weighted by Gasteiger charge is 2.15. The highest BCUT2D eigenvalue weighted by atomic mass is 79.9. The molecular weight excluding hydrogens is 468 g/mol. The summed E-state index contributed by atoms with van der Waals surface area (Å²) in [5, 5.41) is 15.4. The molecular formula is C18H18Br2N2O2S. The lowest BCUT2D eigenvalue weighted by molar-refractivity contribution is 0.0977. The molecule has 0 unspecified atom stereocenters. The number of carbonyl (C=O) groups excluding carboxylic acids is 1. The zero-order valence-electron chi connectivity index (χ0n) is 14.0. The average molecular weight is 486 g/mol. The normalized spacial score (nSPS) is 11.1. The minimum Gasteiger partial charge on any atom is -0.506 e. The molecule has 0 aliphatic heterocycles. The van der Waals surface area contributed by atoms with Gasteiger partial charge in [0.15, 0.2) is 5.11 Å². The van der Waals surface area contributed by atoms with E-state index >= 15 is 0 Å². The third kappa shape index (κ3) is 5.26. The van der Waals surface area contributed by atoms with Gasteiger partial charge in [-0.2, -0.15) is 0 Å². The predicted molar refractivity (Wildman–Crippen MR) is 112 cm³/mol. The number of phenolic OH excluding ortho intramolecular Hbond substituents is 1. The van der Waals surface area contributed by atoms with E-state index in [1.54, 1.807) is 24.3 Å². The first-order valence-corrected chi connectivity index (χ1v) is 9.48. The Morgan fingerprint density at radius 2 is 1.60 bits per heavy atom. The van der Waals surface area contributed by atoms with E-state index < -0.39 is 0 Å². The Kier molecular flexibility index (Phi) is 6.24. The molecule has 3 N–H and O–H groups in total. The Morgan fingerprint density at radius 3 is 2.08 bits per heavy atom. The number of anilines is 1. The van der Waals surface area contributed by atoms with Crippen molar-refractivity contribution in [3.63, 3.8) is 0 Å². The van der Waals surface area contributed by atoms with Crippen LogP contribution in [0.25, 0.3) is 0 Å². The molecule has 0 aromatic heterocycles. The van der Waals surface area contributed by atoms with Crippen molar-refractivity contribution in [3.8, 4) is 5.75 Å². The summed E-state index contributed by atoms with van der Waals surface area (Å²) in [7, 11) is 0. The van der Waals surface area contributed by atoms with Gasteiger partial charge in [0.1, 0.15) is 5.75 Å². The smallest absolute Gasteiger partial charge is 0.257 e. The lowest BCUT2D eigenvalue weighted by Gasteiger charge is -2.19. The van der Waals surface area contributed by atoms with Crippen LogP contribution in [0.5, 0.6) is 5.75 Å². The van der Waals surface area contributed by atoms with Crippen molar-refractivity contribution in [1.82, 2.24) is 5.32 Å². The summed E-state index contributed by atoms with van der Waals surface area (Å²) in [5.74, 6) is -0.186. The Bertz CT molecular complexity index is 792. The first-order valence-electron chi connectivity index (χ1n) is 7.49. The summed E-state index contributed by atoms with van der Waals surface area (Å²) < 4.78 is 1.02. The van der Waals surface area contributed by atoms with Gasteiger partial charge in [-0.25, -0.2) is 0 Å². The fraction of sp³-hybridized carbons (Fsp3) is 0.222. The van der Waals surface area contributed by atoms with Crippen LogP contribution in [-0.2, 0) is 5.41 Å². The summed E-state index contributed by atoms with van der Waals surface area (Å²) in [6.45, 7) is 6.36. The van der Waals surface area contributed by atoms with Crippen molar-refractivity contribution in [1.29, 1.82) is 0 Å². The molecule has 2 aromatic rings. The van der Waals surface area contributed by atoms with Gasteiger partial charge in [-0.1, -0.05) is 32.9 Å². The summed E-state index contributed by atoms with van der Waals surface area (Å²) in [6, 6.07) is 10.8. The zero-order chi connectivity index (χ0) is 18.8. The number of halogens is 2. The lowest BCUT2D eigenvalue weighted by Crippen LogP contribution is -2.34. The van der Waals surface area contributed by atoms with Gasteiger partial charge in [-0.3, -0.25) is 10.1 Å². The van der Waals surface area contributed by atoms with Gasteiger partial charge in [-0.05, 0) is 79.3 Å². The molecule has 0 radical (unpaired) electrons. The fourth-order valence-corrected chi connectivity index (χ4v) is 3.49. The van der Waals surface area contributed by atoms with Crippen LogP contribution in [-0.4, -0.2) is 16.1 Å². The Hall–Kier alpha value is -1.44. The van der Waals surface area contributed by atoms with Gasteiger partial charge < -0.3 is 10.4 Å². The summed E-state index contributed by atoms with van der Waals surface area (Å²) in [4.78, 5) is 12.3. The van der Waals surface area contributed by atoms with Gasteiger partial charge in [0.25, 0.3) is 5.91 Å². The SMILES string of the molecule is CC(C)(C)c1ccc(C(=O)NC(=S)Nc2cc(Br)c(O)c(Br)c2)cc1. The second kappa shape index (κ2) is 7.85. The van der Waals surface area contributed by atoms with Gasteiger partial charge >= 0.3 is 0 Å². The molecule has 0 bridgehead atoms. The van der Waals surface area contributed by atoms with E-state index in [0.29, 0.717) is 20.2 Å². The van der Waals surface area contributed by atoms with Crippen LogP contribution in [0.4, 0.5) is 5.69 Å². The van der Waals surface area contributed by atoms with E-state index in [4.69, 9.17) is 12.2 Å². The fourth-order valence-electron chi connectivity index (χ4n) is 2.10. The third-order valence-corrected chi connectivity index (χ3v) is 4.93. The quantitative estimate of drug-likeness (QED) is 0.396. The Labute approximate surface area is 169 Å². The van der Waals surface area contributed by atoms with Gasteiger partial charge in [0, 0.05) is 11.3 Å². The first kappa shape index (κ1) is 19.9.